The molecule has 20 heavy (non-hydrogen) atoms. The molecule has 110 valence electrons. The van der Waals surface area contributed by atoms with E-state index in [2.05, 4.69) is 34.9 Å². The summed E-state index contributed by atoms with van der Waals surface area (Å²) < 4.78 is 0. The average Bonchev–Trinajstić information content (AvgIpc) is 2.41. The Morgan fingerprint density at radius 1 is 1.45 bits per heavy atom. The maximum absolute atomic E-state index is 5.74. The van der Waals surface area contributed by atoms with Gasteiger partial charge in [-0.05, 0) is 57.6 Å². The first-order valence-electron chi connectivity index (χ1n) is 7.17. The summed E-state index contributed by atoms with van der Waals surface area (Å²) in [5, 5.41) is 0. The summed E-state index contributed by atoms with van der Waals surface area (Å²) >= 11 is 5.07. The second-order valence-corrected chi connectivity index (χ2v) is 6.30. The van der Waals surface area contributed by atoms with Crippen LogP contribution in [0.3, 0.4) is 0 Å². The molecule has 1 aliphatic heterocycles. The van der Waals surface area contributed by atoms with Crippen molar-refractivity contribution in [3.8, 4) is 0 Å². The Morgan fingerprint density at radius 2 is 2.15 bits per heavy atom. The molecule has 0 aliphatic carbocycles. The highest BCUT2D eigenvalue weighted by atomic mass is 32.1. The Balaban J connectivity index is 1.91. The molecule has 0 amide bonds. The first kappa shape index (κ1) is 15.4. The molecule has 0 atom stereocenters. The third-order valence-electron chi connectivity index (χ3n) is 3.85. The third-order valence-corrected chi connectivity index (χ3v) is 4.04. The van der Waals surface area contributed by atoms with Gasteiger partial charge in [-0.1, -0.05) is 18.3 Å². The van der Waals surface area contributed by atoms with Crippen LogP contribution in [-0.4, -0.2) is 53.5 Å². The summed E-state index contributed by atoms with van der Waals surface area (Å²) in [6, 6.07) is 4.03. The molecule has 2 N–H and O–H groups in total. The number of nitrogens with two attached hydrogens (primary N) is 1. The fourth-order valence-electron chi connectivity index (χ4n) is 2.87. The smallest absolute Gasteiger partial charge is 0.123 e. The molecule has 4 nitrogen and oxygen atoms in total. The third kappa shape index (κ3) is 4.23. The number of thiocarbonyl (C=S) groups is 1. The van der Waals surface area contributed by atoms with Crippen molar-refractivity contribution >= 4 is 17.2 Å². The summed E-state index contributed by atoms with van der Waals surface area (Å²) in [4.78, 5) is 9.45. The normalized spacial score (nSPS) is 17.6. The highest BCUT2D eigenvalue weighted by Gasteiger charge is 2.20. The minimum absolute atomic E-state index is 0.392. The van der Waals surface area contributed by atoms with Crippen molar-refractivity contribution < 1.29 is 0 Å². The van der Waals surface area contributed by atoms with E-state index in [0.29, 0.717) is 4.99 Å². The van der Waals surface area contributed by atoms with Gasteiger partial charge in [-0.2, -0.15) is 0 Å². The zero-order valence-corrected chi connectivity index (χ0v) is 13.2. The van der Waals surface area contributed by atoms with E-state index in [9.17, 15) is 0 Å². The summed E-state index contributed by atoms with van der Waals surface area (Å²) in [7, 11) is 4.30. The second kappa shape index (κ2) is 7.11. The molecule has 0 bridgehead atoms. The van der Waals surface area contributed by atoms with E-state index >= 15 is 0 Å². The van der Waals surface area contributed by atoms with Crippen molar-refractivity contribution in [2.24, 2.45) is 11.7 Å². The molecule has 1 aliphatic rings. The largest absolute Gasteiger partial charge is 0.388 e. The molecule has 0 aromatic carbocycles. The number of rotatable bonds is 5. The summed E-state index contributed by atoms with van der Waals surface area (Å²) in [6.07, 6.45) is 4.28. The van der Waals surface area contributed by atoms with Gasteiger partial charge >= 0.3 is 0 Å². The van der Waals surface area contributed by atoms with Crippen LogP contribution in [0.2, 0.25) is 0 Å². The second-order valence-electron chi connectivity index (χ2n) is 5.86. The van der Waals surface area contributed by atoms with E-state index in [1.165, 1.54) is 19.4 Å². The molecule has 0 spiro atoms. The van der Waals surface area contributed by atoms with Crippen molar-refractivity contribution in [3.05, 3.63) is 29.6 Å². The summed E-state index contributed by atoms with van der Waals surface area (Å²) in [5.74, 6) is 0.824. The van der Waals surface area contributed by atoms with Crippen molar-refractivity contribution in [2.45, 2.75) is 19.4 Å². The Bertz CT molecular complexity index is 453. The molecular formula is C15H24N4S. The zero-order valence-electron chi connectivity index (χ0n) is 12.4. The molecule has 1 saturated heterocycles. The molecule has 5 heteroatoms. The van der Waals surface area contributed by atoms with Gasteiger partial charge in [0.05, 0.1) is 0 Å². The van der Waals surface area contributed by atoms with Crippen molar-refractivity contribution in [3.63, 3.8) is 0 Å². The molecule has 0 saturated carbocycles. The van der Waals surface area contributed by atoms with Gasteiger partial charge in [0.25, 0.3) is 0 Å². The van der Waals surface area contributed by atoms with Crippen LogP contribution in [0.4, 0.5) is 0 Å². The fourth-order valence-corrected chi connectivity index (χ4v) is 3.06. The quantitative estimate of drug-likeness (QED) is 0.833. The van der Waals surface area contributed by atoms with Gasteiger partial charge in [0, 0.05) is 19.3 Å². The SMILES string of the molecule is CN(C)CC1CCN(Cc2cccnc2C(N)=S)CC1. The van der Waals surface area contributed by atoms with Crippen molar-refractivity contribution in [1.82, 2.24) is 14.8 Å². The lowest BCUT2D eigenvalue weighted by atomic mass is 9.96. The minimum atomic E-state index is 0.392. The topological polar surface area (TPSA) is 45.4 Å². The molecule has 0 unspecified atom stereocenters. The Hall–Kier alpha value is -1.04. The van der Waals surface area contributed by atoms with Crippen LogP contribution in [0.5, 0.6) is 0 Å². The van der Waals surface area contributed by atoms with Gasteiger partial charge < -0.3 is 10.6 Å². The van der Waals surface area contributed by atoms with Crippen LogP contribution in [-0.2, 0) is 6.54 Å². The molecule has 1 aromatic heterocycles. The Labute approximate surface area is 127 Å². The lowest BCUT2D eigenvalue weighted by molar-refractivity contribution is 0.156. The highest BCUT2D eigenvalue weighted by Crippen LogP contribution is 2.20. The van der Waals surface area contributed by atoms with E-state index < -0.39 is 0 Å². The molecule has 2 heterocycles. The molecule has 0 radical (unpaired) electrons. The number of likely N-dealkylation sites (tertiary alicyclic amines) is 1. The van der Waals surface area contributed by atoms with Gasteiger partial charge in [0.2, 0.25) is 0 Å². The van der Waals surface area contributed by atoms with Crippen LogP contribution in [0.15, 0.2) is 18.3 Å². The molecule has 1 fully saturated rings. The maximum Gasteiger partial charge on any atom is 0.123 e. The predicted octanol–water partition coefficient (Wildman–Crippen LogP) is 1.49. The number of pyridine rings is 1. The maximum atomic E-state index is 5.74. The van der Waals surface area contributed by atoms with Crippen LogP contribution < -0.4 is 5.73 Å². The van der Waals surface area contributed by atoms with Gasteiger partial charge in [-0.15, -0.1) is 0 Å². The van der Waals surface area contributed by atoms with Gasteiger partial charge in [-0.3, -0.25) is 9.88 Å². The predicted molar refractivity (Wildman–Crippen MR) is 86.7 cm³/mol. The number of hydrogen-bond donors (Lipinski definition) is 1. The van der Waals surface area contributed by atoms with Crippen LogP contribution >= 0.6 is 12.2 Å². The van der Waals surface area contributed by atoms with E-state index in [1.54, 1.807) is 6.20 Å². The van der Waals surface area contributed by atoms with E-state index in [4.69, 9.17) is 18.0 Å². The van der Waals surface area contributed by atoms with Gasteiger partial charge in [0.1, 0.15) is 10.7 Å². The zero-order chi connectivity index (χ0) is 14.5. The van der Waals surface area contributed by atoms with Crippen LogP contribution in [0.25, 0.3) is 0 Å². The monoisotopic (exact) mass is 292 g/mol. The first-order valence-corrected chi connectivity index (χ1v) is 7.58. The summed E-state index contributed by atoms with van der Waals surface area (Å²) in [5.41, 5.74) is 7.66. The fraction of sp³-hybridized carbons (Fsp3) is 0.600. The lowest BCUT2D eigenvalue weighted by Gasteiger charge is -2.33. The van der Waals surface area contributed by atoms with E-state index in [1.807, 2.05) is 6.07 Å². The lowest BCUT2D eigenvalue weighted by Crippen LogP contribution is -2.37. The number of hydrogen-bond acceptors (Lipinski definition) is 4. The first-order chi connectivity index (χ1) is 9.56. The molecule has 1 aromatic rings. The standard InChI is InChI=1S/C15H24N4S/c1-18(2)10-12-5-8-19(9-6-12)11-13-4-3-7-17-14(13)15(16)20/h3-4,7,12H,5-6,8-11H2,1-2H3,(H2,16,20). The summed E-state index contributed by atoms with van der Waals surface area (Å²) in [6.45, 7) is 4.38. The minimum Gasteiger partial charge on any atom is -0.388 e. The average molecular weight is 292 g/mol. The Kier molecular flexibility index (Phi) is 5.46. The van der Waals surface area contributed by atoms with Gasteiger partial charge in [-0.25, -0.2) is 0 Å². The van der Waals surface area contributed by atoms with Crippen LogP contribution in [0, 0.1) is 5.92 Å². The molecule has 2 rings (SSSR count). The van der Waals surface area contributed by atoms with E-state index in [-0.39, 0.29) is 0 Å². The van der Waals surface area contributed by atoms with E-state index in [0.717, 1.165) is 36.8 Å². The Morgan fingerprint density at radius 3 is 2.75 bits per heavy atom. The van der Waals surface area contributed by atoms with Crippen molar-refractivity contribution in [2.75, 3.05) is 33.7 Å². The molecular weight excluding hydrogens is 268 g/mol. The highest BCUT2D eigenvalue weighted by molar-refractivity contribution is 7.80. The van der Waals surface area contributed by atoms with Crippen LogP contribution in [0.1, 0.15) is 24.1 Å². The number of aromatic nitrogens is 1. The number of nitrogens with zero attached hydrogens (tertiary/aromatic N) is 3. The van der Waals surface area contributed by atoms with Gasteiger partial charge in [0.15, 0.2) is 0 Å². The number of piperidine rings is 1. The van der Waals surface area contributed by atoms with Crippen molar-refractivity contribution in [1.29, 1.82) is 0 Å².